The van der Waals surface area contributed by atoms with Gasteiger partial charge in [0.15, 0.2) is 0 Å². The minimum Gasteiger partial charge on any atom is -1.00 e. The zero-order valence-electron chi connectivity index (χ0n) is 29.9. The number of rotatable bonds is 12. The second kappa shape index (κ2) is 14.5. The number of halogens is 2. The fraction of sp³-hybridized carbons (Fsp3) is 0.579. The normalized spacial score (nSPS) is 19.5. The number of hydrogen-bond acceptors (Lipinski definition) is 2. The van der Waals surface area contributed by atoms with Crippen LogP contribution in [0.2, 0.25) is 41.5 Å². The maximum atomic E-state index is 7.46. The average molecular weight is 765 g/mol. The maximum Gasteiger partial charge on any atom is -1.00 e. The number of hydrogen-bond donors (Lipinski definition) is 0. The summed E-state index contributed by atoms with van der Waals surface area (Å²) in [6.07, 6.45) is 5.29. The van der Waals surface area contributed by atoms with Crippen molar-refractivity contribution in [3.8, 4) is 0 Å². The van der Waals surface area contributed by atoms with Crippen molar-refractivity contribution >= 4 is 28.2 Å². The van der Waals surface area contributed by atoms with Crippen LogP contribution in [0.4, 0.5) is 0 Å². The van der Waals surface area contributed by atoms with Gasteiger partial charge in [-0.25, -0.2) is 0 Å². The van der Waals surface area contributed by atoms with Crippen LogP contribution in [0.25, 0.3) is 11.5 Å². The molecule has 0 radical (unpaired) electrons. The molecule has 1 heterocycles. The van der Waals surface area contributed by atoms with E-state index in [0.717, 1.165) is 0 Å². The predicted molar refractivity (Wildman–Crippen MR) is 188 cm³/mol. The molecule has 0 N–H and O–H groups in total. The minimum atomic E-state index is -2.76. The van der Waals surface area contributed by atoms with Crippen LogP contribution in [0.3, 0.4) is 0 Å². The van der Waals surface area contributed by atoms with Crippen molar-refractivity contribution in [2.45, 2.75) is 132 Å². The molecule has 0 spiro atoms. The summed E-state index contributed by atoms with van der Waals surface area (Å²) >= 11 is -2.76. The Bertz CT molecular complexity index is 1250. The van der Waals surface area contributed by atoms with Crippen LogP contribution in [0.1, 0.15) is 113 Å². The van der Waals surface area contributed by atoms with E-state index in [1.807, 2.05) is 0 Å². The van der Waals surface area contributed by atoms with Gasteiger partial charge in [-0.05, 0) is 0 Å². The van der Waals surface area contributed by atoms with Crippen molar-refractivity contribution in [3.05, 3.63) is 82.9 Å². The Morgan fingerprint density at radius 1 is 0.511 bits per heavy atom. The fourth-order valence-corrected chi connectivity index (χ4v) is 35.9. The van der Waals surface area contributed by atoms with Gasteiger partial charge < -0.3 is 24.8 Å². The summed E-state index contributed by atoms with van der Waals surface area (Å²) in [4.78, 5) is 0. The first kappa shape index (κ1) is 38.9. The molecule has 1 aliphatic heterocycles. The molecule has 5 rings (SSSR count). The number of fused-ring (bicyclic) bond motifs is 2. The fourth-order valence-electron chi connectivity index (χ4n) is 9.82. The Morgan fingerprint density at radius 2 is 0.800 bits per heavy atom. The van der Waals surface area contributed by atoms with Gasteiger partial charge >= 0.3 is 272 Å². The summed E-state index contributed by atoms with van der Waals surface area (Å²) < 4.78 is 18.9. The van der Waals surface area contributed by atoms with E-state index in [0.29, 0.717) is 40.5 Å². The van der Waals surface area contributed by atoms with Crippen molar-refractivity contribution in [3.63, 3.8) is 0 Å². The quantitative estimate of drug-likeness (QED) is 0.228. The van der Waals surface area contributed by atoms with Crippen molar-refractivity contribution in [1.29, 1.82) is 0 Å². The molecule has 2 atom stereocenters. The van der Waals surface area contributed by atoms with Crippen LogP contribution in [-0.4, -0.2) is 16.6 Å². The van der Waals surface area contributed by atoms with E-state index in [-0.39, 0.29) is 24.8 Å². The van der Waals surface area contributed by atoms with E-state index in [1.54, 1.807) is 11.1 Å². The first-order chi connectivity index (χ1) is 20.2. The molecule has 2 unspecified atom stereocenters. The van der Waals surface area contributed by atoms with Crippen molar-refractivity contribution < 1.29 is 53.9 Å². The molecule has 0 saturated carbocycles. The minimum absolute atomic E-state index is 0. The van der Waals surface area contributed by atoms with Gasteiger partial charge in [-0.2, -0.15) is 0 Å². The molecule has 1 saturated heterocycles. The molecule has 45 heavy (non-hydrogen) atoms. The average Bonchev–Trinajstić information content (AvgIpc) is 3.53. The van der Waals surface area contributed by atoms with E-state index < -0.39 is 36.9 Å². The van der Waals surface area contributed by atoms with Crippen LogP contribution in [0.5, 0.6) is 0 Å². The molecule has 248 valence electrons. The molecular formula is C38H58Cl2O2Si2Zr. The van der Waals surface area contributed by atoms with Gasteiger partial charge in [0.2, 0.25) is 0 Å². The summed E-state index contributed by atoms with van der Waals surface area (Å²) in [6, 6.07) is 18.6. The summed E-state index contributed by atoms with van der Waals surface area (Å²) in [5.41, 5.74) is 9.26. The van der Waals surface area contributed by atoms with Crippen molar-refractivity contribution in [1.82, 2.24) is 0 Å². The third-order valence-corrected chi connectivity index (χ3v) is 36.3. The first-order valence-corrected chi connectivity index (χ1v) is 27.8. The molecule has 0 amide bonds. The van der Waals surface area contributed by atoms with E-state index in [2.05, 4.69) is 144 Å². The molecule has 7 heteroatoms. The van der Waals surface area contributed by atoms with Crippen LogP contribution < -0.4 is 24.8 Å². The molecule has 2 aromatic rings. The Morgan fingerprint density at radius 3 is 1.07 bits per heavy atom. The van der Waals surface area contributed by atoms with Gasteiger partial charge in [-0.1, -0.05) is 0 Å². The smallest absolute Gasteiger partial charge is 1.00 e. The third kappa shape index (κ3) is 6.34. The summed E-state index contributed by atoms with van der Waals surface area (Å²) in [7, 11) is -4.12. The molecule has 0 aromatic heterocycles. The summed E-state index contributed by atoms with van der Waals surface area (Å²) in [5.74, 6) is 2.42. The van der Waals surface area contributed by atoms with Crippen molar-refractivity contribution in [2.24, 2.45) is 0 Å². The number of allylic oxidation sites excluding steroid dienone is 2. The molecule has 1 fully saturated rings. The van der Waals surface area contributed by atoms with Gasteiger partial charge in [0.05, 0.1) is 0 Å². The Kier molecular flexibility index (Phi) is 12.5. The standard InChI is InChI=1S/2C18H27OSi.C2H4.2ClH.Zr/c2*1-13(2)20(14(3)4,15(5)6)19-18-12-11-16-9-7-8-10-17(16)18;1-2;;;/h2*7-15H,1-6H3;1-2H2;2*1H;/q;;;;;+2/p-2. The Hall–Kier alpha value is -0.583. The zero-order chi connectivity index (χ0) is 31.5. The summed E-state index contributed by atoms with van der Waals surface area (Å²) in [5, 5.41) is 0. The largest absolute Gasteiger partial charge is 1.00 e. The zero-order valence-corrected chi connectivity index (χ0v) is 35.8. The van der Waals surface area contributed by atoms with Crippen LogP contribution in [0.15, 0.2) is 60.7 Å². The van der Waals surface area contributed by atoms with Crippen LogP contribution in [0, 0.1) is 0 Å². The molecule has 2 nitrogen and oxygen atoms in total. The van der Waals surface area contributed by atoms with Crippen LogP contribution in [-0.2, 0) is 29.1 Å². The SMILES string of the molecule is CC(C)[Si](OC1=C[CH]([Zr+2]2([CH]3C=C(O[Si](C(C)C)(C(C)C)C(C)C)c4ccccc43)[CH2][CH2]2)c2ccccc21)(C(C)C)C(C)C.[Cl-].[Cl-]. The topological polar surface area (TPSA) is 18.5 Å². The van der Waals surface area contributed by atoms with Crippen molar-refractivity contribution in [2.75, 3.05) is 0 Å². The summed E-state index contributed by atoms with van der Waals surface area (Å²) in [6.45, 7) is 28.9. The first-order valence-electron chi connectivity index (χ1n) is 17.2. The van der Waals surface area contributed by atoms with E-state index in [1.165, 1.54) is 30.9 Å². The van der Waals surface area contributed by atoms with Gasteiger partial charge in [0.1, 0.15) is 0 Å². The monoisotopic (exact) mass is 762 g/mol. The van der Waals surface area contributed by atoms with E-state index in [4.69, 9.17) is 8.85 Å². The second-order valence-corrected chi connectivity index (χ2v) is 38.1. The van der Waals surface area contributed by atoms with Gasteiger partial charge in [-0.3, -0.25) is 0 Å². The van der Waals surface area contributed by atoms with Crippen LogP contribution >= 0.6 is 0 Å². The molecule has 2 aliphatic carbocycles. The van der Waals surface area contributed by atoms with Gasteiger partial charge in [0, 0.05) is 0 Å². The van der Waals surface area contributed by atoms with Gasteiger partial charge in [-0.15, -0.1) is 0 Å². The maximum absolute atomic E-state index is 7.46. The predicted octanol–water partition coefficient (Wildman–Crippen LogP) is 6.57. The Balaban J connectivity index is 0.00000276. The Labute approximate surface area is 294 Å². The molecule has 0 bridgehead atoms. The van der Waals surface area contributed by atoms with E-state index >= 15 is 0 Å². The third-order valence-electron chi connectivity index (χ3n) is 11.8. The van der Waals surface area contributed by atoms with E-state index in [9.17, 15) is 0 Å². The molecule has 2 aromatic carbocycles. The second-order valence-electron chi connectivity index (χ2n) is 15.8. The molecular weight excluding hydrogens is 707 g/mol. The number of benzene rings is 2. The van der Waals surface area contributed by atoms with Gasteiger partial charge in [0.25, 0.3) is 0 Å². The molecule has 3 aliphatic rings.